The van der Waals surface area contributed by atoms with Crippen LogP contribution in [0.25, 0.3) is 0 Å². The third-order valence-corrected chi connectivity index (χ3v) is 3.36. The first-order valence-corrected chi connectivity index (χ1v) is 6.65. The third kappa shape index (κ3) is 3.57. The van der Waals surface area contributed by atoms with Crippen molar-refractivity contribution in [1.29, 1.82) is 0 Å². The van der Waals surface area contributed by atoms with E-state index in [-0.39, 0.29) is 5.82 Å². The molecule has 0 saturated heterocycles. The van der Waals surface area contributed by atoms with Crippen LogP contribution in [0.15, 0.2) is 42.5 Å². The minimum atomic E-state index is -0.178. The highest BCUT2D eigenvalue weighted by Crippen LogP contribution is 2.18. The number of benzene rings is 2. The van der Waals surface area contributed by atoms with Crippen LogP contribution in [0.2, 0.25) is 0 Å². The molecular weight excluding hydrogens is 237 g/mol. The first-order valence-electron chi connectivity index (χ1n) is 6.65. The molecule has 0 spiro atoms. The highest BCUT2D eigenvalue weighted by molar-refractivity contribution is 5.46. The Kier molecular flexibility index (Phi) is 4.20. The van der Waals surface area contributed by atoms with E-state index < -0.39 is 0 Å². The van der Waals surface area contributed by atoms with Crippen LogP contribution in [-0.4, -0.2) is 0 Å². The number of halogens is 1. The maximum atomic E-state index is 13.0. The van der Waals surface area contributed by atoms with E-state index in [1.165, 1.54) is 11.6 Å². The number of aryl methyl sites for hydroxylation is 1. The van der Waals surface area contributed by atoms with Gasteiger partial charge in [-0.3, -0.25) is 0 Å². The zero-order valence-corrected chi connectivity index (χ0v) is 11.7. The number of anilines is 1. The fourth-order valence-corrected chi connectivity index (χ4v) is 2.04. The highest BCUT2D eigenvalue weighted by atomic mass is 19.1. The Labute approximate surface area is 114 Å². The summed E-state index contributed by atoms with van der Waals surface area (Å²) in [4.78, 5) is 0. The molecule has 19 heavy (non-hydrogen) atoms. The Bertz CT molecular complexity index is 544. The maximum Gasteiger partial charge on any atom is 0.123 e. The van der Waals surface area contributed by atoms with Crippen molar-refractivity contribution < 1.29 is 4.39 Å². The molecule has 1 nitrogen and oxygen atoms in total. The van der Waals surface area contributed by atoms with Gasteiger partial charge in [0.15, 0.2) is 0 Å². The summed E-state index contributed by atoms with van der Waals surface area (Å²) in [5, 5.41) is 3.36. The van der Waals surface area contributed by atoms with Gasteiger partial charge in [-0.1, -0.05) is 32.0 Å². The van der Waals surface area contributed by atoms with Gasteiger partial charge in [-0.15, -0.1) is 0 Å². The second-order valence-electron chi connectivity index (χ2n) is 5.20. The zero-order valence-electron chi connectivity index (χ0n) is 11.7. The van der Waals surface area contributed by atoms with Gasteiger partial charge < -0.3 is 5.32 Å². The molecule has 1 N–H and O–H groups in total. The molecule has 2 heteroatoms. The Morgan fingerprint density at radius 1 is 1.05 bits per heavy atom. The van der Waals surface area contributed by atoms with Crippen LogP contribution in [0.3, 0.4) is 0 Å². The molecule has 0 heterocycles. The van der Waals surface area contributed by atoms with Gasteiger partial charge in [0.25, 0.3) is 0 Å². The van der Waals surface area contributed by atoms with E-state index in [1.807, 2.05) is 13.0 Å². The number of nitrogens with one attached hydrogen (secondary N) is 1. The van der Waals surface area contributed by atoms with Crippen molar-refractivity contribution in [1.82, 2.24) is 0 Å². The Balaban J connectivity index is 2.02. The quantitative estimate of drug-likeness (QED) is 0.824. The summed E-state index contributed by atoms with van der Waals surface area (Å²) in [5.74, 6) is 0.371. The first kappa shape index (κ1) is 13.6. The Morgan fingerprint density at radius 2 is 1.74 bits per heavy atom. The Morgan fingerprint density at radius 3 is 2.32 bits per heavy atom. The number of hydrogen-bond acceptors (Lipinski definition) is 1. The van der Waals surface area contributed by atoms with Crippen molar-refractivity contribution in [3.8, 4) is 0 Å². The number of rotatable bonds is 4. The first-order chi connectivity index (χ1) is 9.06. The molecule has 0 saturated carbocycles. The topological polar surface area (TPSA) is 12.0 Å². The van der Waals surface area contributed by atoms with Gasteiger partial charge in [0.05, 0.1) is 0 Å². The monoisotopic (exact) mass is 257 g/mol. The van der Waals surface area contributed by atoms with Crippen LogP contribution < -0.4 is 5.32 Å². The molecule has 100 valence electrons. The van der Waals surface area contributed by atoms with Crippen LogP contribution in [-0.2, 0) is 6.54 Å². The molecule has 0 fully saturated rings. The zero-order chi connectivity index (χ0) is 13.8. The lowest BCUT2D eigenvalue weighted by Crippen LogP contribution is -2.01. The van der Waals surface area contributed by atoms with E-state index in [9.17, 15) is 4.39 Å². The maximum absolute atomic E-state index is 13.0. The second kappa shape index (κ2) is 5.87. The molecule has 0 aliphatic rings. The van der Waals surface area contributed by atoms with Gasteiger partial charge in [-0.25, -0.2) is 4.39 Å². The van der Waals surface area contributed by atoms with Crippen molar-refractivity contribution in [2.75, 3.05) is 5.32 Å². The molecule has 2 rings (SSSR count). The lowest BCUT2D eigenvalue weighted by Gasteiger charge is -2.11. The van der Waals surface area contributed by atoms with Crippen LogP contribution in [0.4, 0.5) is 10.1 Å². The molecule has 2 aromatic carbocycles. The fraction of sp³-hybridized carbons (Fsp3) is 0.294. The van der Waals surface area contributed by atoms with Crippen LogP contribution >= 0.6 is 0 Å². The Hall–Kier alpha value is -1.83. The van der Waals surface area contributed by atoms with Crippen molar-refractivity contribution in [3.63, 3.8) is 0 Å². The minimum Gasteiger partial charge on any atom is -0.381 e. The molecule has 0 atom stereocenters. The van der Waals surface area contributed by atoms with Gasteiger partial charge in [0.1, 0.15) is 5.82 Å². The van der Waals surface area contributed by atoms with Crippen LogP contribution in [0.1, 0.15) is 36.5 Å². The van der Waals surface area contributed by atoms with Gasteiger partial charge in [0.2, 0.25) is 0 Å². The molecule has 0 aromatic heterocycles. The van der Waals surface area contributed by atoms with Crippen molar-refractivity contribution in [2.24, 2.45) is 0 Å². The van der Waals surface area contributed by atoms with Crippen LogP contribution in [0.5, 0.6) is 0 Å². The normalized spacial score (nSPS) is 10.8. The smallest absolute Gasteiger partial charge is 0.123 e. The molecule has 0 bridgehead atoms. The van der Waals surface area contributed by atoms with E-state index >= 15 is 0 Å². The van der Waals surface area contributed by atoms with E-state index in [1.54, 1.807) is 6.07 Å². The molecule has 0 unspecified atom stereocenters. The summed E-state index contributed by atoms with van der Waals surface area (Å²) in [5.41, 5.74) is 4.53. The van der Waals surface area contributed by atoms with Gasteiger partial charge in [0, 0.05) is 12.2 Å². The van der Waals surface area contributed by atoms with E-state index in [2.05, 4.69) is 43.4 Å². The van der Waals surface area contributed by atoms with Crippen molar-refractivity contribution in [3.05, 3.63) is 65.0 Å². The molecule has 2 aromatic rings. The van der Waals surface area contributed by atoms with E-state index in [0.717, 1.165) is 16.8 Å². The van der Waals surface area contributed by atoms with Gasteiger partial charge >= 0.3 is 0 Å². The number of hydrogen-bond donors (Lipinski definition) is 1. The van der Waals surface area contributed by atoms with Crippen LogP contribution in [0, 0.1) is 12.7 Å². The van der Waals surface area contributed by atoms with Gasteiger partial charge in [-0.05, 0) is 53.8 Å². The average Bonchev–Trinajstić information content (AvgIpc) is 2.38. The lowest BCUT2D eigenvalue weighted by molar-refractivity contribution is 0.625. The summed E-state index contributed by atoms with van der Waals surface area (Å²) < 4.78 is 13.0. The predicted octanol–water partition coefficient (Wildman–Crippen LogP) is 4.87. The predicted molar refractivity (Wildman–Crippen MR) is 79.0 cm³/mol. The largest absolute Gasteiger partial charge is 0.381 e. The minimum absolute atomic E-state index is 0.178. The SMILES string of the molecule is Cc1cc(F)ccc1CNc1ccc(C(C)C)cc1. The second-order valence-corrected chi connectivity index (χ2v) is 5.20. The lowest BCUT2D eigenvalue weighted by atomic mass is 10.0. The highest BCUT2D eigenvalue weighted by Gasteiger charge is 2.01. The standard InChI is InChI=1S/C17H20FN/c1-12(2)14-5-8-17(9-6-14)19-11-15-4-7-16(18)10-13(15)3/h4-10,12,19H,11H2,1-3H3. The third-order valence-electron chi connectivity index (χ3n) is 3.36. The van der Waals surface area contributed by atoms with E-state index in [0.29, 0.717) is 12.5 Å². The summed E-state index contributed by atoms with van der Waals surface area (Å²) >= 11 is 0. The van der Waals surface area contributed by atoms with Crippen molar-refractivity contribution in [2.45, 2.75) is 33.2 Å². The molecule has 0 aliphatic heterocycles. The molecule has 0 radical (unpaired) electrons. The summed E-state index contributed by atoms with van der Waals surface area (Å²) in [6.07, 6.45) is 0. The van der Waals surface area contributed by atoms with E-state index in [4.69, 9.17) is 0 Å². The average molecular weight is 257 g/mol. The molecule has 0 aliphatic carbocycles. The summed E-state index contributed by atoms with van der Waals surface area (Å²) in [7, 11) is 0. The fourth-order valence-electron chi connectivity index (χ4n) is 2.04. The van der Waals surface area contributed by atoms with Gasteiger partial charge in [-0.2, -0.15) is 0 Å². The molecule has 0 amide bonds. The summed E-state index contributed by atoms with van der Waals surface area (Å²) in [6.45, 7) is 7.02. The summed E-state index contributed by atoms with van der Waals surface area (Å²) in [6, 6.07) is 13.4. The van der Waals surface area contributed by atoms with Crippen molar-refractivity contribution >= 4 is 5.69 Å². The molecular formula is C17H20FN.